The second-order valence-electron chi connectivity index (χ2n) is 3.02. The SMILES string of the molecule is C=CCC(O)(CBr)c1ccccc1. The van der Waals surface area contributed by atoms with E-state index in [1.165, 1.54) is 0 Å². The van der Waals surface area contributed by atoms with Gasteiger partial charge in [0.25, 0.3) is 0 Å². The van der Waals surface area contributed by atoms with Crippen LogP contribution in [0.15, 0.2) is 43.0 Å². The number of halogens is 1. The Balaban J connectivity index is 2.95. The lowest BCUT2D eigenvalue weighted by Gasteiger charge is -2.24. The Bertz CT molecular complexity index is 271. The van der Waals surface area contributed by atoms with Gasteiger partial charge in [-0.1, -0.05) is 52.3 Å². The third-order valence-corrected chi connectivity index (χ3v) is 2.94. The van der Waals surface area contributed by atoms with Crippen LogP contribution >= 0.6 is 15.9 Å². The van der Waals surface area contributed by atoms with Crippen LogP contribution in [0.1, 0.15) is 12.0 Å². The highest BCUT2D eigenvalue weighted by molar-refractivity contribution is 9.09. The summed E-state index contributed by atoms with van der Waals surface area (Å²) in [5.74, 6) is 0. The van der Waals surface area contributed by atoms with Crippen LogP contribution in [-0.2, 0) is 5.60 Å². The zero-order valence-electron chi connectivity index (χ0n) is 7.41. The Morgan fingerprint density at radius 1 is 1.38 bits per heavy atom. The minimum atomic E-state index is -0.816. The third-order valence-electron chi connectivity index (χ3n) is 2.01. The van der Waals surface area contributed by atoms with Crippen molar-refractivity contribution in [3.63, 3.8) is 0 Å². The van der Waals surface area contributed by atoms with Crippen molar-refractivity contribution < 1.29 is 5.11 Å². The molecule has 0 aliphatic heterocycles. The first-order chi connectivity index (χ1) is 6.23. The first-order valence-corrected chi connectivity index (χ1v) is 5.30. The second-order valence-corrected chi connectivity index (χ2v) is 3.58. The summed E-state index contributed by atoms with van der Waals surface area (Å²) in [4.78, 5) is 0. The van der Waals surface area contributed by atoms with Crippen LogP contribution in [0.5, 0.6) is 0 Å². The molecule has 70 valence electrons. The van der Waals surface area contributed by atoms with E-state index in [0.717, 1.165) is 5.56 Å². The molecule has 0 saturated carbocycles. The fraction of sp³-hybridized carbons (Fsp3) is 0.273. The first-order valence-electron chi connectivity index (χ1n) is 4.18. The van der Waals surface area contributed by atoms with Crippen molar-refractivity contribution in [3.05, 3.63) is 48.6 Å². The smallest absolute Gasteiger partial charge is 0.103 e. The monoisotopic (exact) mass is 240 g/mol. The summed E-state index contributed by atoms with van der Waals surface area (Å²) in [5.41, 5.74) is 0.106. The number of hydrogen-bond donors (Lipinski definition) is 1. The van der Waals surface area contributed by atoms with Crippen LogP contribution in [0.2, 0.25) is 0 Å². The van der Waals surface area contributed by atoms with Crippen molar-refractivity contribution in [2.75, 3.05) is 5.33 Å². The van der Waals surface area contributed by atoms with Crippen molar-refractivity contribution in [1.29, 1.82) is 0 Å². The Morgan fingerprint density at radius 3 is 2.46 bits per heavy atom. The van der Waals surface area contributed by atoms with Crippen LogP contribution < -0.4 is 0 Å². The maximum atomic E-state index is 10.2. The molecule has 1 atom stereocenters. The average molecular weight is 241 g/mol. The van der Waals surface area contributed by atoms with Gasteiger partial charge in [-0.3, -0.25) is 0 Å². The van der Waals surface area contributed by atoms with E-state index in [9.17, 15) is 5.11 Å². The van der Waals surface area contributed by atoms with Gasteiger partial charge in [-0.05, 0) is 12.0 Å². The number of alkyl halides is 1. The molecule has 0 bridgehead atoms. The van der Waals surface area contributed by atoms with Crippen molar-refractivity contribution in [1.82, 2.24) is 0 Å². The van der Waals surface area contributed by atoms with Gasteiger partial charge in [-0.25, -0.2) is 0 Å². The van der Waals surface area contributed by atoms with E-state index in [1.54, 1.807) is 6.08 Å². The molecule has 0 aromatic heterocycles. The van der Waals surface area contributed by atoms with Crippen LogP contribution in [0.25, 0.3) is 0 Å². The molecule has 1 unspecified atom stereocenters. The molecule has 0 radical (unpaired) electrons. The Labute approximate surface area is 87.2 Å². The molecule has 0 aliphatic carbocycles. The Morgan fingerprint density at radius 2 is 2.00 bits per heavy atom. The molecule has 1 aromatic carbocycles. The lowest BCUT2D eigenvalue weighted by Crippen LogP contribution is -2.26. The minimum absolute atomic E-state index is 0.524. The van der Waals surface area contributed by atoms with Crippen molar-refractivity contribution in [2.24, 2.45) is 0 Å². The largest absolute Gasteiger partial charge is 0.384 e. The molecule has 1 rings (SSSR count). The van der Waals surface area contributed by atoms with Crippen molar-refractivity contribution in [2.45, 2.75) is 12.0 Å². The maximum absolute atomic E-state index is 10.2. The quantitative estimate of drug-likeness (QED) is 0.634. The van der Waals surface area contributed by atoms with E-state index in [1.807, 2.05) is 30.3 Å². The van der Waals surface area contributed by atoms with Gasteiger partial charge in [0.1, 0.15) is 5.60 Å². The van der Waals surface area contributed by atoms with Gasteiger partial charge in [0.2, 0.25) is 0 Å². The first kappa shape index (κ1) is 10.5. The third kappa shape index (κ3) is 2.42. The van der Waals surface area contributed by atoms with E-state index >= 15 is 0 Å². The van der Waals surface area contributed by atoms with E-state index in [0.29, 0.717) is 11.8 Å². The van der Waals surface area contributed by atoms with Gasteiger partial charge in [0.15, 0.2) is 0 Å². The summed E-state index contributed by atoms with van der Waals surface area (Å²) in [5, 5.41) is 10.7. The fourth-order valence-electron chi connectivity index (χ4n) is 1.24. The maximum Gasteiger partial charge on any atom is 0.103 e. The lowest BCUT2D eigenvalue weighted by atomic mass is 9.93. The molecule has 0 amide bonds. The summed E-state index contributed by atoms with van der Waals surface area (Å²) in [6.07, 6.45) is 2.29. The number of rotatable bonds is 4. The molecule has 2 heteroatoms. The normalized spacial score (nSPS) is 14.9. The summed E-state index contributed by atoms with van der Waals surface area (Å²) in [6, 6.07) is 9.62. The number of benzene rings is 1. The van der Waals surface area contributed by atoms with Crippen LogP contribution in [0, 0.1) is 0 Å². The van der Waals surface area contributed by atoms with Gasteiger partial charge < -0.3 is 5.11 Å². The molecule has 0 fully saturated rings. The zero-order chi connectivity index (χ0) is 9.73. The van der Waals surface area contributed by atoms with Crippen LogP contribution in [0.4, 0.5) is 0 Å². The van der Waals surface area contributed by atoms with Crippen LogP contribution in [-0.4, -0.2) is 10.4 Å². The molecule has 0 saturated heterocycles. The molecular weight excluding hydrogens is 228 g/mol. The molecule has 1 N–H and O–H groups in total. The summed E-state index contributed by atoms with van der Waals surface area (Å²) in [6.45, 7) is 3.64. The summed E-state index contributed by atoms with van der Waals surface area (Å²) in [7, 11) is 0. The predicted octanol–water partition coefficient (Wildman–Crippen LogP) is 2.85. The Hall–Kier alpha value is -0.600. The molecule has 0 spiro atoms. The highest BCUT2D eigenvalue weighted by atomic mass is 79.9. The highest BCUT2D eigenvalue weighted by Gasteiger charge is 2.25. The van der Waals surface area contributed by atoms with Gasteiger partial charge in [0, 0.05) is 5.33 Å². The van der Waals surface area contributed by atoms with Gasteiger partial charge in [-0.2, -0.15) is 0 Å². The molecule has 1 nitrogen and oxygen atoms in total. The van der Waals surface area contributed by atoms with E-state index in [-0.39, 0.29) is 0 Å². The number of aliphatic hydroxyl groups is 1. The molecule has 1 aromatic rings. The average Bonchev–Trinajstić information content (AvgIpc) is 2.19. The fourth-order valence-corrected chi connectivity index (χ4v) is 1.79. The van der Waals surface area contributed by atoms with Crippen molar-refractivity contribution in [3.8, 4) is 0 Å². The summed E-state index contributed by atoms with van der Waals surface area (Å²) < 4.78 is 0. The second kappa shape index (κ2) is 4.58. The molecule has 0 heterocycles. The van der Waals surface area contributed by atoms with Crippen molar-refractivity contribution >= 4 is 15.9 Å². The van der Waals surface area contributed by atoms with Gasteiger partial charge in [0.05, 0.1) is 0 Å². The molecule has 0 aliphatic rings. The predicted molar refractivity (Wildman–Crippen MR) is 58.9 cm³/mol. The standard InChI is InChI=1S/C11H13BrO/c1-2-8-11(13,9-12)10-6-4-3-5-7-10/h2-7,13H,1,8-9H2. The summed E-state index contributed by atoms with van der Waals surface area (Å²) >= 11 is 3.31. The molecular formula is C11H13BrO. The zero-order valence-corrected chi connectivity index (χ0v) is 9.00. The van der Waals surface area contributed by atoms with Gasteiger partial charge in [-0.15, -0.1) is 6.58 Å². The van der Waals surface area contributed by atoms with E-state index in [2.05, 4.69) is 22.5 Å². The van der Waals surface area contributed by atoms with E-state index < -0.39 is 5.60 Å². The van der Waals surface area contributed by atoms with E-state index in [4.69, 9.17) is 0 Å². The lowest BCUT2D eigenvalue weighted by molar-refractivity contribution is 0.0673. The van der Waals surface area contributed by atoms with Crippen LogP contribution in [0.3, 0.4) is 0 Å². The van der Waals surface area contributed by atoms with Gasteiger partial charge >= 0.3 is 0 Å². The minimum Gasteiger partial charge on any atom is -0.384 e. The number of hydrogen-bond acceptors (Lipinski definition) is 1. The Kier molecular flexibility index (Phi) is 3.70. The molecule has 13 heavy (non-hydrogen) atoms. The topological polar surface area (TPSA) is 20.2 Å². The highest BCUT2D eigenvalue weighted by Crippen LogP contribution is 2.27.